The highest BCUT2D eigenvalue weighted by Gasteiger charge is 2.14. The lowest BCUT2D eigenvalue weighted by Crippen LogP contribution is -1.88. The molecule has 100 valence electrons. The van der Waals surface area contributed by atoms with Crippen LogP contribution in [0.15, 0.2) is 47.2 Å². The zero-order valence-electron chi connectivity index (χ0n) is 10.6. The maximum absolute atomic E-state index is 13.9. The van der Waals surface area contributed by atoms with Crippen molar-refractivity contribution in [3.05, 3.63) is 48.5 Å². The average molecular weight is 271 g/mol. The van der Waals surface area contributed by atoms with Gasteiger partial charge in [-0.3, -0.25) is 4.98 Å². The van der Waals surface area contributed by atoms with Gasteiger partial charge in [-0.25, -0.2) is 4.39 Å². The number of nitrogens with zero attached hydrogens (tertiary/aromatic N) is 3. The first-order valence-electron chi connectivity index (χ1n) is 5.86. The van der Waals surface area contributed by atoms with Crippen molar-refractivity contribution in [2.45, 2.75) is 0 Å². The van der Waals surface area contributed by atoms with E-state index in [1.165, 1.54) is 19.2 Å². The summed E-state index contributed by atoms with van der Waals surface area (Å²) in [6, 6.07) is 7.94. The Hall–Kier alpha value is -2.76. The molecule has 0 fully saturated rings. The van der Waals surface area contributed by atoms with E-state index in [0.717, 1.165) is 5.56 Å². The van der Waals surface area contributed by atoms with E-state index < -0.39 is 5.82 Å². The van der Waals surface area contributed by atoms with Gasteiger partial charge in [-0.15, -0.1) is 0 Å². The second kappa shape index (κ2) is 5.08. The molecule has 2 heterocycles. The third kappa shape index (κ3) is 2.23. The van der Waals surface area contributed by atoms with Crippen LogP contribution in [0.1, 0.15) is 0 Å². The third-order valence-electron chi connectivity index (χ3n) is 2.77. The molecule has 2 aromatic heterocycles. The van der Waals surface area contributed by atoms with Crippen molar-refractivity contribution in [1.82, 2.24) is 15.1 Å². The van der Waals surface area contributed by atoms with E-state index >= 15 is 0 Å². The average Bonchev–Trinajstić information content (AvgIpc) is 2.97. The molecule has 0 N–H and O–H groups in total. The minimum atomic E-state index is -0.478. The fourth-order valence-corrected chi connectivity index (χ4v) is 1.75. The van der Waals surface area contributed by atoms with Gasteiger partial charge in [-0.05, 0) is 24.3 Å². The van der Waals surface area contributed by atoms with Crippen LogP contribution in [0.5, 0.6) is 5.75 Å². The normalized spacial score (nSPS) is 10.5. The molecule has 0 aliphatic rings. The number of pyridine rings is 1. The molecule has 0 atom stereocenters. The Kier molecular flexibility index (Phi) is 3.12. The van der Waals surface area contributed by atoms with Crippen molar-refractivity contribution in [3.8, 4) is 28.6 Å². The topological polar surface area (TPSA) is 61.0 Å². The van der Waals surface area contributed by atoms with Gasteiger partial charge in [0.15, 0.2) is 0 Å². The minimum absolute atomic E-state index is 0.122. The van der Waals surface area contributed by atoms with Gasteiger partial charge in [0.25, 0.3) is 5.89 Å². The highest BCUT2D eigenvalue weighted by Crippen LogP contribution is 2.26. The van der Waals surface area contributed by atoms with Crippen molar-refractivity contribution in [2.24, 2.45) is 0 Å². The third-order valence-corrected chi connectivity index (χ3v) is 2.77. The molecule has 0 spiro atoms. The molecule has 20 heavy (non-hydrogen) atoms. The summed E-state index contributed by atoms with van der Waals surface area (Å²) in [6.07, 6.45) is 3.25. The second-order valence-electron chi connectivity index (χ2n) is 4.00. The van der Waals surface area contributed by atoms with Crippen LogP contribution in [-0.2, 0) is 0 Å². The number of rotatable bonds is 3. The Morgan fingerprint density at radius 1 is 1.15 bits per heavy atom. The summed E-state index contributed by atoms with van der Waals surface area (Å²) < 4.78 is 24.0. The zero-order valence-corrected chi connectivity index (χ0v) is 10.6. The lowest BCUT2D eigenvalue weighted by Gasteiger charge is -2.01. The molecule has 0 amide bonds. The summed E-state index contributed by atoms with van der Waals surface area (Å²) in [4.78, 5) is 8.09. The monoisotopic (exact) mass is 271 g/mol. The van der Waals surface area contributed by atoms with Crippen molar-refractivity contribution in [2.75, 3.05) is 7.11 Å². The number of methoxy groups -OCH3 is 1. The van der Waals surface area contributed by atoms with E-state index in [2.05, 4.69) is 15.1 Å². The van der Waals surface area contributed by atoms with Gasteiger partial charge < -0.3 is 9.26 Å². The van der Waals surface area contributed by atoms with E-state index in [0.29, 0.717) is 11.6 Å². The first kappa shape index (κ1) is 12.3. The summed E-state index contributed by atoms with van der Waals surface area (Å²) in [7, 11) is 1.47. The van der Waals surface area contributed by atoms with Crippen molar-refractivity contribution in [3.63, 3.8) is 0 Å². The molecule has 5 nitrogen and oxygen atoms in total. The highest BCUT2D eigenvalue weighted by atomic mass is 19.1. The first-order valence-corrected chi connectivity index (χ1v) is 5.86. The minimum Gasteiger partial charge on any atom is -0.497 e. The Morgan fingerprint density at radius 3 is 2.65 bits per heavy atom. The van der Waals surface area contributed by atoms with Gasteiger partial charge in [-0.1, -0.05) is 5.16 Å². The smallest absolute Gasteiger partial charge is 0.261 e. The van der Waals surface area contributed by atoms with Crippen molar-refractivity contribution >= 4 is 0 Å². The first-order chi connectivity index (χ1) is 9.78. The van der Waals surface area contributed by atoms with Crippen LogP contribution in [0, 0.1) is 5.82 Å². The Bertz CT molecular complexity index is 728. The van der Waals surface area contributed by atoms with Crippen LogP contribution in [0.2, 0.25) is 0 Å². The van der Waals surface area contributed by atoms with Gasteiger partial charge in [0.2, 0.25) is 5.82 Å². The summed E-state index contributed by atoms with van der Waals surface area (Å²) in [5.41, 5.74) is 0.988. The fourth-order valence-electron chi connectivity index (χ4n) is 1.75. The molecule has 0 aliphatic carbocycles. The predicted octanol–water partition coefficient (Wildman–Crippen LogP) is 2.95. The van der Waals surface area contributed by atoms with E-state index in [9.17, 15) is 4.39 Å². The summed E-state index contributed by atoms with van der Waals surface area (Å²) in [5, 5.41) is 3.83. The number of hydrogen-bond donors (Lipinski definition) is 0. The van der Waals surface area contributed by atoms with E-state index in [1.807, 2.05) is 0 Å². The Balaban J connectivity index is 1.98. The number of aromatic nitrogens is 3. The Labute approximate surface area is 114 Å². The van der Waals surface area contributed by atoms with Crippen molar-refractivity contribution in [1.29, 1.82) is 0 Å². The Morgan fingerprint density at radius 2 is 1.95 bits per heavy atom. The van der Waals surface area contributed by atoms with Crippen LogP contribution in [-0.4, -0.2) is 22.2 Å². The van der Waals surface area contributed by atoms with Crippen LogP contribution >= 0.6 is 0 Å². The van der Waals surface area contributed by atoms with Crippen LogP contribution in [0.4, 0.5) is 4.39 Å². The quantitative estimate of drug-likeness (QED) is 0.733. The van der Waals surface area contributed by atoms with Gasteiger partial charge in [0.05, 0.1) is 12.7 Å². The largest absolute Gasteiger partial charge is 0.497 e. The molecule has 6 heteroatoms. The molecule has 1 aromatic carbocycles. The lowest BCUT2D eigenvalue weighted by molar-refractivity contribution is 0.410. The molecule has 0 bridgehead atoms. The maximum Gasteiger partial charge on any atom is 0.261 e. The molecule has 0 unspecified atom stereocenters. The number of halogens is 1. The molecular formula is C14H10FN3O2. The second-order valence-corrected chi connectivity index (χ2v) is 4.00. The molecule has 3 aromatic rings. The van der Waals surface area contributed by atoms with Crippen molar-refractivity contribution < 1.29 is 13.7 Å². The summed E-state index contributed by atoms with van der Waals surface area (Å²) in [6.45, 7) is 0. The number of benzene rings is 1. The molecule has 0 saturated carbocycles. The lowest BCUT2D eigenvalue weighted by atomic mass is 10.2. The summed E-state index contributed by atoms with van der Waals surface area (Å²) in [5.74, 6) is 0.462. The maximum atomic E-state index is 13.9. The zero-order chi connectivity index (χ0) is 13.9. The molecule has 0 radical (unpaired) electrons. The van der Waals surface area contributed by atoms with Crippen LogP contribution < -0.4 is 4.74 Å². The fraction of sp³-hybridized carbons (Fsp3) is 0.0714. The summed E-state index contributed by atoms with van der Waals surface area (Å²) >= 11 is 0. The number of ether oxygens (including phenoxy) is 1. The number of hydrogen-bond acceptors (Lipinski definition) is 5. The van der Waals surface area contributed by atoms with Crippen LogP contribution in [0.3, 0.4) is 0 Å². The molecule has 3 rings (SSSR count). The predicted molar refractivity (Wildman–Crippen MR) is 69.5 cm³/mol. The van der Waals surface area contributed by atoms with Gasteiger partial charge in [-0.2, -0.15) is 4.98 Å². The van der Waals surface area contributed by atoms with E-state index in [4.69, 9.17) is 9.26 Å². The SMILES string of the molecule is COc1ccc(-c2nc(-c3ccncc3)no2)c(F)c1. The molecular weight excluding hydrogens is 261 g/mol. The van der Waals surface area contributed by atoms with E-state index in [-0.39, 0.29) is 11.5 Å². The van der Waals surface area contributed by atoms with Gasteiger partial charge in [0, 0.05) is 24.0 Å². The molecule has 0 aliphatic heterocycles. The standard InChI is InChI=1S/C14H10FN3O2/c1-19-10-2-3-11(12(15)8-10)14-17-13(18-20-14)9-4-6-16-7-5-9/h2-8H,1H3. The van der Waals surface area contributed by atoms with Crippen LogP contribution in [0.25, 0.3) is 22.8 Å². The molecule has 0 saturated heterocycles. The van der Waals surface area contributed by atoms with E-state index in [1.54, 1.807) is 30.6 Å². The van der Waals surface area contributed by atoms with Gasteiger partial charge in [0.1, 0.15) is 11.6 Å². The highest BCUT2D eigenvalue weighted by molar-refractivity contribution is 5.60. The van der Waals surface area contributed by atoms with Gasteiger partial charge >= 0.3 is 0 Å².